The Morgan fingerprint density at radius 3 is 2.67 bits per heavy atom. The van der Waals surface area contributed by atoms with Crippen molar-refractivity contribution < 1.29 is 9.47 Å². The zero-order chi connectivity index (χ0) is 10.7. The van der Waals surface area contributed by atoms with Crippen molar-refractivity contribution in [3.63, 3.8) is 0 Å². The van der Waals surface area contributed by atoms with Crippen LogP contribution in [-0.2, 0) is 9.47 Å². The van der Waals surface area contributed by atoms with Crippen LogP contribution in [0.25, 0.3) is 0 Å². The summed E-state index contributed by atoms with van der Waals surface area (Å²) in [5.41, 5.74) is 0. The summed E-state index contributed by atoms with van der Waals surface area (Å²) in [4.78, 5) is 0. The third-order valence-corrected chi connectivity index (χ3v) is 3.93. The zero-order valence-electron chi connectivity index (χ0n) is 9.87. The van der Waals surface area contributed by atoms with Gasteiger partial charge in [-0.15, -0.1) is 0 Å². The maximum absolute atomic E-state index is 5.66. The van der Waals surface area contributed by atoms with Crippen molar-refractivity contribution in [1.82, 2.24) is 5.32 Å². The third-order valence-electron chi connectivity index (χ3n) is 3.93. The minimum Gasteiger partial charge on any atom is -0.381 e. The van der Waals surface area contributed by atoms with E-state index in [4.69, 9.17) is 9.47 Å². The van der Waals surface area contributed by atoms with Crippen molar-refractivity contribution in [2.24, 2.45) is 11.8 Å². The van der Waals surface area contributed by atoms with Gasteiger partial charge in [0.1, 0.15) is 0 Å². The van der Waals surface area contributed by atoms with Crippen molar-refractivity contribution >= 4 is 0 Å². The highest BCUT2D eigenvalue weighted by Crippen LogP contribution is 2.30. The lowest BCUT2D eigenvalue weighted by Crippen LogP contribution is -2.45. The van der Waals surface area contributed by atoms with Crippen LogP contribution in [0, 0.1) is 11.8 Å². The van der Waals surface area contributed by atoms with Crippen LogP contribution in [0.5, 0.6) is 0 Å². The summed E-state index contributed by atoms with van der Waals surface area (Å²) < 4.78 is 11.2. The molecule has 3 nitrogen and oxygen atoms in total. The van der Waals surface area contributed by atoms with Gasteiger partial charge in [-0.2, -0.15) is 0 Å². The lowest BCUT2D eigenvalue weighted by atomic mass is 9.82. The number of hydrogen-bond donors (Lipinski definition) is 1. The van der Waals surface area contributed by atoms with E-state index in [9.17, 15) is 0 Å². The molecule has 2 aliphatic heterocycles. The summed E-state index contributed by atoms with van der Waals surface area (Å²) in [5.74, 6) is 1.35. The molecule has 0 radical (unpaired) electrons. The minimum absolute atomic E-state index is 0.407. The molecule has 2 heterocycles. The quantitative estimate of drug-likeness (QED) is 0.769. The molecule has 0 bridgehead atoms. The molecule has 0 aliphatic carbocycles. The maximum atomic E-state index is 5.66. The summed E-state index contributed by atoms with van der Waals surface area (Å²) in [5, 5.41) is 3.48. The Kier molecular flexibility index (Phi) is 4.00. The Labute approximate surface area is 92.5 Å². The Hall–Kier alpha value is -0.120. The first kappa shape index (κ1) is 11.4. The second-order valence-electron chi connectivity index (χ2n) is 4.82. The number of nitrogens with one attached hydrogen (secondary N) is 1. The van der Waals surface area contributed by atoms with Gasteiger partial charge >= 0.3 is 0 Å². The van der Waals surface area contributed by atoms with E-state index in [0.717, 1.165) is 19.8 Å². The molecular weight excluding hydrogens is 190 g/mol. The monoisotopic (exact) mass is 213 g/mol. The predicted molar refractivity (Wildman–Crippen MR) is 59.9 cm³/mol. The van der Waals surface area contributed by atoms with Gasteiger partial charge in [-0.1, -0.05) is 0 Å². The summed E-state index contributed by atoms with van der Waals surface area (Å²) in [6.07, 6.45) is 4.12. The number of rotatable bonds is 3. The van der Waals surface area contributed by atoms with Gasteiger partial charge in [-0.3, -0.25) is 0 Å². The van der Waals surface area contributed by atoms with Crippen molar-refractivity contribution in [3.8, 4) is 0 Å². The van der Waals surface area contributed by atoms with Gasteiger partial charge < -0.3 is 14.8 Å². The normalized spacial score (nSPS) is 39.2. The lowest BCUT2D eigenvalue weighted by Gasteiger charge is -2.35. The molecule has 4 unspecified atom stereocenters. The Morgan fingerprint density at radius 1 is 1.27 bits per heavy atom. The van der Waals surface area contributed by atoms with Gasteiger partial charge in [0.05, 0.1) is 12.7 Å². The van der Waals surface area contributed by atoms with Crippen LogP contribution in [-0.4, -0.2) is 39.0 Å². The second kappa shape index (κ2) is 5.28. The molecule has 15 heavy (non-hydrogen) atoms. The SMILES string of the molecule is CNC(C1CCCOC1)C1CCOC1C. The standard InChI is InChI=1S/C12H23NO2/c1-9-11(5-7-15-9)12(13-2)10-4-3-6-14-8-10/h9-13H,3-8H2,1-2H3. The number of hydrogen-bond acceptors (Lipinski definition) is 3. The molecule has 2 saturated heterocycles. The Bertz CT molecular complexity index is 192. The molecule has 2 aliphatic rings. The van der Waals surface area contributed by atoms with E-state index in [2.05, 4.69) is 19.3 Å². The first-order chi connectivity index (χ1) is 7.33. The van der Waals surface area contributed by atoms with Crippen LogP contribution in [0.15, 0.2) is 0 Å². The molecule has 0 aromatic rings. The molecule has 88 valence electrons. The van der Waals surface area contributed by atoms with Gasteiger partial charge in [0.2, 0.25) is 0 Å². The van der Waals surface area contributed by atoms with Crippen molar-refractivity contribution in [2.45, 2.75) is 38.3 Å². The van der Waals surface area contributed by atoms with Crippen LogP contribution in [0.3, 0.4) is 0 Å². The van der Waals surface area contributed by atoms with E-state index >= 15 is 0 Å². The summed E-state index contributed by atoms with van der Waals surface area (Å²) in [6, 6.07) is 0.572. The highest BCUT2D eigenvalue weighted by atomic mass is 16.5. The lowest BCUT2D eigenvalue weighted by molar-refractivity contribution is 0.0188. The van der Waals surface area contributed by atoms with Crippen molar-refractivity contribution in [2.75, 3.05) is 26.9 Å². The van der Waals surface area contributed by atoms with Crippen LogP contribution >= 0.6 is 0 Å². The molecule has 2 fully saturated rings. The summed E-state index contributed by atoms with van der Waals surface area (Å²) in [6.45, 7) is 5.00. The highest BCUT2D eigenvalue weighted by Gasteiger charge is 2.36. The van der Waals surface area contributed by atoms with E-state index in [0.29, 0.717) is 24.0 Å². The van der Waals surface area contributed by atoms with E-state index < -0.39 is 0 Å². The van der Waals surface area contributed by atoms with Crippen LogP contribution < -0.4 is 5.32 Å². The smallest absolute Gasteiger partial charge is 0.0590 e. The van der Waals surface area contributed by atoms with Gasteiger partial charge in [-0.25, -0.2) is 0 Å². The van der Waals surface area contributed by atoms with Crippen LogP contribution in [0.1, 0.15) is 26.2 Å². The van der Waals surface area contributed by atoms with E-state index in [1.54, 1.807) is 0 Å². The van der Waals surface area contributed by atoms with E-state index in [-0.39, 0.29) is 0 Å². The molecule has 3 heteroatoms. The van der Waals surface area contributed by atoms with Crippen LogP contribution in [0.2, 0.25) is 0 Å². The average molecular weight is 213 g/mol. The molecular formula is C12H23NO2. The van der Waals surface area contributed by atoms with Gasteiger partial charge in [0, 0.05) is 25.2 Å². The molecule has 1 N–H and O–H groups in total. The maximum Gasteiger partial charge on any atom is 0.0590 e. The Morgan fingerprint density at radius 2 is 2.13 bits per heavy atom. The zero-order valence-corrected chi connectivity index (χ0v) is 9.87. The van der Waals surface area contributed by atoms with Gasteiger partial charge in [0.15, 0.2) is 0 Å². The largest absolute Gasteiger partial charge is 0.381 e. The molecule has 0 aromatic carbocycles. The third kappa shape index (κ3) is 2.52. The van der Waals surface area contributed by atoms with E-state index in [1.807, 2.05) is 0 Å². The number of ether oxygens (including phenoxy) is 2. The topological polar surface area (TPSA) is 30.5 Å². The summed E-state index contributed by atoms with van der Waals surface area (Å²) in [7, 11) is 2.07. The Balaban J connectivity index is 1.95. The van der Waals surface area contributed by atoms with Crippen molar-refractivity contribution in [1.29, 1.82) is 0 Å². The predicted octanol–water partition coefficient (Wildman–Crippen LogP) is 1.43. The first-order valence-electron chi connectivity index (χ1n) is 6.19. The fourth-order valence-electron chi connectivity index (χ4n) is 3.07. The van der Waals surface area contributed by atoms with E-state index in [1.165, 1.54) is 19.3 Å². The van der Waals surface area contributed by atoms with Crippen LogP contribution in [0.4, 0.5) is 0 Å². The molecule has 0 spiro atoms. The highest BCUT2D eigenvalue weighted by molar-refractivity contribution is 4.89. The fraction of sp³-hybridized carbons (Fsp3) is 1.00. The molecule has 2 rings (SSSR count). The van der Waals surface area contributed by atoms with Crippen molar-refractivity contribution in [3.05, 3.63) is 0 Å². The minimum atomic E-state index is 0.407. The molecule has 0 amide bonds. The fourth-order valence-corrected chi connectivity index (χ4v) is 3.07. The average Bonchev–Trinajstić information content (AvgIpc) is 2.68. The molecule has 4 atom stereocenters. The first-order valence-corrected chi connectivity index (χ1v) is 6.19. The second-order valence-corrected chi connectivity index (χ2v) is 4.82. The molecule has 0 aromatic heterocycles. The van der Waals surface area contributed by atoms with Gasteiger partial charge in [0.25, 0.3) is 0 Å². The molecule has 0 saturated carbocycles. The summed E-state index contributed by atoms with van der Waals surface area (Å²) >= 11 is 0. The van der Waals surface area contributed by atoms with Gasteiger partial charge in [-0.05, 0) is 39.2 Å².